The van der Waals surface area contributed by atoms with E-state index in [0.717, 1.165) is 18.7 Å². The van der Waals surface area contributed by atoms with Crippen molar-refractivity contribution in [3.8, 4) is 0 Å². The van der Waals surface area contributed by atoms with Crippen molar-refractivity contribution in [3.63, 3.8) is 0 Å². The molecule has 0 spiro atoms. The Hall–Kier alpha value is -1.73. The van der Waals surface area contributed by atoms with Gasteiger partial charge >= 0.3 is 5.97 Å². The molecule has 2 rings (SSSR count). The molecule has 1 aliphatic heterocycles. The smallest absolute Gasteiger partial charge is 0.323 e. The predicted molar refractivity (Wildman–Crippen MR) is 89.5 cm³/mol. The maximum atomic E-state index is 10.7. The van der Waals surface area contributed by atoms with Gasteiger partial charge in [-0.25, -0.2) is 9.97 Å². The summed E-state index contributed by atoms with van der Waals surface area (Å²) in [4.78, 5) is 25.5. The number of rotatable bonds is 7. The van der Waals surface area contributed by atoms with Crippen LogP contribution in [0.4, 0.5) is 5.95 Å². The minimum Gasteiger partial charge on any atom is -0.480 e. The number of hydrogen-bond acceptors (Lipinski definition) is 6. The number of likely N-dealkylation sites (tertiary alicyclic amines) is 1. The van der Waals surface area contributed by atoms with Crippen molar-refractivity contribution in [2.45, 2.75) is 31.8 Å². The average Bonchev–Trinajstić information content (AvgIpc) is 2.49. The van der Waals surface area contributed by atoms with E-state index in [-0.39, 0.29) is 6.54 Å². The second-order valence-corrected chi connectivity index (χ2v) is 6.47. The van der Waals surface area contributed by atoms with Gasteiger partial charge in [0.1, 0.15) is 6.54 Å². The van der Waals surface area contributed by atoms with Gasteiger partial charge in [-0.15, -0.1) is 0 Å². The molecule has 128 valence electrons. The number of carboxylic acid groups (broad SMARTS) is 1. The Morgan fingerprint density at radius 2 is 2.04 bits per heavy atom. The lowest BCUT2D eigenvalue weighted by molar-refractivity contribution is -0.135. The summed E-state index contributed by atoms with van der Waals surface area (Å²) >= 11 is 0. The van der Waals surface area contributed by atoms with Crippen molar-refractivity contribution in [1.82, 2.24) is 19.8 Å². The molecule has 0 radical (unpaired) electrons. The van der Waals surface area contributed by atoms with E-state index in [1.165, 1.54) is 30.7 Å². The molecule has 0 aliphatic carbocycles. The quantitative estimate of drug-likeness (QED) is 0.800. The Labute approximate surface area is 137 Å². The first kappa shape index (κ1) is 17.6. The van der Waals surface area contributed by atoms with E-state index >= 15 is 0 Å². The third-order valence-electron chi connectivity index (χ3n) is 4.30. The molecular formula is C16H27N5O2. The summed E-state index contributed by atoms with van der Waals surface area (Å²) < 4.78 is 0. The molecule has 0 aromatic carbocycles. The predicted octanol–water partition coefficient (Wildman–Crippen LogP) is 0.914. The van der Waals surface area contributed by atoms with Gasteiger partial charge in [0.15, 0.2) is 0 Å². The summed E-state index contributed by atoms with van der Waals surface area (Å²) in [6, 6.07) is 0.621. The van der Waals surface area contributed by atoms with Crippen LogP contribution in [0.3, 0.4) is 0 Å². The van der Waals surface area contributed by atoms with Crippen LogP contribution in [0, 0.1) is 0 Å². The highest BCUT2D eigenvalue weighted by Crippen LogP contribution is 2.16. The molecular weight excluding hydrogens is 294 g/mol. The summed E-state index contributed by atoms with van der Waals surface area (Å²) in [5, 5.41) is 8.79. The number of hydrogen-bond donors (Lipinski definition) is 1. The van der Waals surface area contributed by atoms with Crippen molar-refractivity contribution < 1.29 is 9.90 Å². The lowest BCUT2D eigenvalue weighted by Crippen LogP contribution is -2.43. The minimum absolute atomic E-state index is 0.104. The molecule has 7 nitrogen and oxygen atoms in total. The fourth-order valence-electron chi connectivity index (χ4n) is 3.01. The largest absolute Gasteiger partial charge is 0.480 e. The van der Waals surface area contributed by atoms with E-state index in [9.17, 15) is 4.79 Å². The van der Waals surface area contributed by atoms with Crippen LogP contribution in [0.2, 0.25) is 0 Å². The number of anilines is 1. The van der Waals surface area contributed by atoms with E-state index < -0.39 is 5.97 Å². The summed E-state index contributed by atoms with van der Waals surface area (Å²) in [5.41, 5.74) is 1.04. The molecule has 7 heteroatoms. The molecule has 1 fully saturated rings. The van der Waals surface area contributed by atoms with E-state index in [2.05, 4.69) is 33.9 Å². The second-order valence-electron chi connectivity index (χ2n) is 6.47. The third-order valence-corrected chi connectivity index (χ3v) is 4.30. The highest BCUT2D eigenvalue weighted by molar-refractivity contribution is 5.72. The van der Waals surface area contributed by atoms with Crippen LogP contribution in [-0.4, -0.2) is 77.7 Å². The number of aromatic nitrogens is 2. The number of aliphatic carboxylic acids is 1. The van der Waals surface area contributed by atoms with Gasteiger partial charge in [-0.05, 0) is 33.5 Å². The van der Waals surface area contributed by atoms with Crippen molar-refractivity contribution in [2.75, 3.05) is 45.7 Å². The third kappa shape index (κ3) is 5.44. The molecule has 1 saturated heterocycles. The Morgan fingerprint density at radius 3 is 2.65 bits per heavy atom. The van der Waals surface area contributed by atoms with Gasteiger partial charge in [-0.3, -0.25) is 4.79 Å². The van der Waals surface area contributed by atoms with Crippen LogP contribution in [0.15, 0.2) is 12.4 Å². The summed E-state index contributed by atoms with van der Waals surface area (Å²) in [6.07, 6.45) is 7.44. The highest BCUT2D eigenvalue weighted by Gasteiger charge is 2.20. The summed E-state index contributed by atoms with van der Waals surface area (Å²) in [5.74, 6) is -0.456. The van der Waals surface area contributed by atoms with Gasteiger partial charge in [-0.2, -0.15) is 0 Å². The normalized spacial score (nSPS) is 19.0. The standard InChI is InChI=1S/C16H27N5O2/c1-19(11-14-6-4-5-7-20(14)2)10-13-8-17-16(18-9-13)21(3)12-15(22)23/h8-9,14H,4-7,10-12H2,1-3H3,(H,22,23)/t14-/m1/s1. The monoisotopic (exact) mass is 321 g/mol. The van der Waals surface area contributed by atoms with Gasteiger partial charge in [0.2, 0.25) is 5.95 Å². The fraction of sp³-hybridized carbons (Fsp3) is 0.688. The lowest BCUT2D eigenvalue weighted by atomic mass is 10.0. The maximum absolute atomic E-state index is 10.7. The van der Waals surface area contributed by atoms with Crippen LogP contribution >= 0.6 is 0 Å². The Morgan fingerprint density at radius 1 is 1.35 bits per heavy atom. The van der Waals surface area contributed by atoms with E-state index in [4.69, 9.17) is 5.11 Å². The molecule has 1 N–H and O–H groups in total. The van der Waals surface area contributed by atoms with Crippen molar-refractivity contribution >= 4 is 11.9 Å². The van der Waals surface area contributed by atoms with Crippen LogP contribution in [0.5, 0.6) is 0 Å². The minimum atomic E-state index is -0.892. The molecule has 2 heterocycles. The topological polar surface area (TPSA) is 72.8 Å². The molecule has 0 amide bonds. The van der Waals surface area contributed by atoms with Crippen LogP contribution in [0.1, 0.15) is 24.8 Å². The number of nitrogens with zero attached hydrogens (tertiary/aromatic N) is 5. The van der Waals surface area contributed by atoms with Crippen LogP contribution < -0.4 is 4.90 Å². The first-order chi connectivity index (χ1) is 11.0. The first-order valence-corrected chi connectivity index (χ1v) is 8.08. The lowest BCUT2D eigenvalue weighted by Gasteiger charge is -2.35. The fourth-order valence-corrected chi connectivity index (χ4v) is 3.01. The molecule has 1 aromatic heterocycles. The molecule has 1 aliphatic rings. The molecule has 1 aromatic rings. The molecule has 0 unspecified atom stereocenters. The van der Waals surface area contributed by atoms with E-state index in [1.807, 2.05) is 0 Å². The average molecular weight is 321 g/mol. The zero-order valence-electron chi connectivity index (χ0n) is 14.3. The zero-order chi connectivity index (χ0) is 16.8. The molecule has 23 heavy (non-hydrogen) atoms. The van der Waals surface area contributed by atoms with Gasteiger partial charge in [-0.1, -0.05) is 6.42 Å². The van der Waals surface area contributed by atoms with Crippen molar-refractivity contribution in [1.29, 1.82) is 0 Å². The number of likely N-dealkylation sites (N-methyl/N-ethyl adjacent to an activating group) is 3. The van der Waals surface area contributed by atoms with E-state index in [1.54, 1.807) is 19.4 Å². The maximum Gasteiger partial charge on any atom is 0.323 e. The zero-order valence-corrected chi connectivity index (χ0v) is 14.3. The SMILES string of the molecule is CN(Cc1cnc(N(C)CC(=O)O)nc1)C[C@H]1CCCCN1C. The highest BCUT2D eigenvalue weighted by atomic mass is 16.4. The van der Waals surface area contributed by atoms with Crippen molar-refractivity contribution in [3.05, 3.63) is 18.0 Å². The Bertz CT molecular complexity index is 508. The van der Waals surface area contributed by atoms with Crippen LogP contribution in [-0.2, 0) is 11.3 Å². The van der Waals surface area contributed by atoms with Gasteiger partial charge in [0.05, 0.1) is 0 Å². The Kier molecular flexibility index (Phi) is 6.29. The number of carboxylic acids is 1. The second kappa shape index (κ2) is 8.21. The van der Waals surface area contributed by atoms with Gasteiger partial charge in [0, 0.05) is 44.1 Å². The molecule has 0 saturated carbocycles. The Balaban J connectivity index is 1.86. The first-order valence-electron chi connectivity index (χ1n) is 8.08. The van der Waals surface area contributed by atoms with Gasteiger partial charge in [0.25, 0.3) is 0 Å². The number of piperidine rings is 1. The molecule has 0 bridgehead atoms. The van der Waals surface area contributed by atoms with Crippen LogP contribution in [0.25, 0.3) is 0 Å². The van der Waals surface area contributed by atoms with Crippen molar-refractivity contribution in [2.24, 2.45) is 0 Å². The summed E-state index contributed by atoms with van der Waals surface area (Å²) in [6.45, 7) is 2.92. The summed E-state index contributed by atoms with van der Waals surface area (Å²) in [7, 11) is 5.99. The van der Waals surface area contributed by atoms with E-state index in [0.29, 0.717) is 12.0 Å². The molecule has 1 atom stereocenters. The van der Waals surface area contributed by atoms with Gasteiger partial charge < -0.3 is 19.8 Å². The number of carbonyl (C=O) groups is 1.